The molecule has 5 aromatic rings. The minimum atomic E-state index is -2.00. The van der Waals surface area contributed by atoms with E-state index < -0.39 is 29.4 Å². The molecule has 1 saturated heterocycles. The predicted molar refractivity (Wildman–Crippen MR) is 187 cm³/mol. The van der Waals surface area contributed by atoms with Crippen LogP contribution in [-0.4, -0.2) is 39.4 Å². The summed E-state index contributed by atoms with van der Waals surface area (Å²) in [4.78, 5) is 19.3. The van der Waals surface area contributed by atoms with E-state index in [4.69, 9.17) is 4.74 Å². The predicted octanol–water partition coefficient (Wildman–Crippen LogP) is 7.79. The molecule has 0 aliphatic carbocycles. The molecule has 0 spiro atoms. The molecule has 1 N–H and O–H groups in total. The topological polar surface area (TPSA) is 51.2 Å². The van der Waals surface area contributed by atoms with Crippen molar-refractivity contribution in [2.45, 2.75) is 44.8 Å². The number of hydrogen-bond donors (Lipinski definition) is 1. The zero-order valence-electron chi connectivity index (χ0n) is 25.8. The molecule has 1 aliphatic rings. The number of rotatable bonds is 9. The van der Waals surface area contributed by atoms with Crippen molar-refractivity contribution in [2.75, 3.05) is 7.11 Å². The Bertz CT molecular complexity index is 1680. The van der Waals surface area contributed by atoms with E-state index in [1.807, 2.05) is 30.5 Å². The van der Waals surface area contributed by atoms with Gasteiger partial charge in [0, 0.05) is 0 Å². The molecule has 44 heavy (non-hydrogen) atoms. The van der Waals surface area contributed by atoms with Crippen LogP contribution in [0.1, 0.15) is 48.1 Å². The van der Waals surface area contributed by atoms with Gasteiger partial charge in [-0.3, -0.25) is 0 Å². The van der Waals surface area contributed by atoms with Crippen molar-refractivity contribution >= 4 is 62.1 Å². The van der Waals surface area contributed by atoms with Crippen molar-refractivity contribution in [3.8, 4) is 5.75 Å². The quantitative estimate of drug-likeness (QED) is 0.160. The summed E-state index contributed by atoms with van der Waals surface area (Å²) in [6.45, 7) is 2.33. The second kappa shape index (κ2) is 14.3. The number of methoxy groups -OCH3 is 1. The fraction of sp³-hybridized carbons (Fsp3) is 0.263. The van der Waals surface area contributed by atoms with Crippen LogP contribution in [0.25, 0.3) is 10.9 Å². The van der Waals surface area contributed by atoms with Gasteiger partial charge in [-0.05, 0) is 0 Å². The van der Waals surface area contributed by atoms with Gasteiger partial charge in [0.1, 0.15) is 0 Å². The normalized spacial score (nSPS) is 17.4. The first-order chi connectivity index (χ1) is 21.6. The second-order valence-electron chi connectivity index (χ2n) is 12.0. The Labute approximate surface area is 270 Å². The molecule has 6 rings (SSSR count). The Hall–Kier alpha value is -3.14. The molecule has 1 aliphatic heterocycles. The van der Waals surface area contributed by atoms with Gasteiger partial charge in [-0.15, -0.1) is 0 Å². The van der Waals surface area contributed by atoms with Crippen molar-refractivity contribution in [3.05, 3.63) is 127 Å². The van der Waals surface area contributed by atoms with E-state index in [1.54, 1.807) is 7.11 Å². The molecule has 0 bridgehead atoms. The third-order valence-corrected chi connectivity index (χ3v) is 22.1. The fourth-order valence-electron chi connectivity index (χ4n) is 7.02. The molecule has 2 heterocycles. The molecule has 222 valence electrons. The van der Waals surface area contributed by atoms with Crippen LogP contribution in [0.2, 0.25) is 12.5 Å². The van der Waals surface area contributed by atoms with E-state index in [2.05, 4.69) is 107 Å². The van der Waals surface area contributed by atoms with Crippen LogP contribution in [-0.2, 0) is 0 Å². The molecule has 1 aromatic heterocycles. The fourth-order valence-corrected chi connectivity index (χ4v) is 20.0. The van der Waals surface area contributed by atoms with Gasteiger partial charge in [0.15, 0.2) is 0 Å². The number of nitrogens with one attached hydrogen (secondary N) is 1. The van der Waals surface area contributed by atoms with Crippen LogP contribution < -0.4 is 26.0 Å². The number of benzene rings is 4. The molecule has 1 amide bonds. The SMILES string of the molecule is CC[C@@H]1CC[C@@H]([C@H](NC(=O)c2ccccc2P(c2ccccc2)c2ccccc2)c2ccnc3ccc(OC)cc23)[In]([CH3])[CH2]1. The summed E-state index contributed by atoms with van der Waals surface area (Å²) < 4.78 is 10.1. The zero-order valence-corrected chi connectivity index (χ0v) is 30.0. The molecule has 0 radical (unpaired) electrons. The standard InChI is InChI=1S/C37H37N2O2P.CH3.In/c1-4-27(2)14-13-20-35(31-24-25-38-34-23-22-28(41-3)26-33(31)34)39-37(40)32-19-11-12-21-36(32)42(29-15-7-5-8-16-29)30-17-9-6-10-18-30;;/h5-12,15-27,35H,2,4,13-14H2,1,3H3,(H,39,40);1H3;/t27-,35+;;/m1../s1. The summed E-state index contributed by atoms with van der Waals surface area (Å²) in [5, 5.41) is 8.29. The third-order valence-electron chi connectivity index (χ3n) is 9.37. The van der Waals surface area contributed by atoms with Crippen LogP contribution in [0.3, 0.4) is 0 Å². The van der Waals surface area contributed by atoms with E-state index >= 15 is 0 Å². The van der Waals surface area contributed by atoms with Gasteiger partial charge in [-0.2, -0.15) is 0 Å². The van der Waals surface area contributed by atoms with Gasteiger partial charge in [0.25, 0.3) is 0 Å². The van der Waals surface area contributed by atoms with Crippen LogP contribution in [0.5, 0.6) is 5.75 Å². The zero-order chi connectivity index (χ0) is 30.5. The molecule has 6 heteroatoms. The number of carbonyl (C=O) groups excluding carboxylic acids is 1. The summed E-state index contributed by atoms with van der Waals surface area (Å²) in [6, 6.07) is 37.6. The first-order valence-corrected chi connectivity index (χ1v) is 24.7. The van der Waals surface area contributed by atoms with Gasteiger partial charge in [-0.1, -0.05) is 0 Å². The second-order valence-corrected chi connectivity index (χ2v) is 23.5. The first-order valence-electron chi connectivity index (χ1n) is 15.8. The Balaban J connectivity index is 1.44. The summed E-state index contributed by atoms with van der Waals surface area (Å²) in [5.41, 5.74) is 2.86. The molecule has 0 saturated carbocycles. The summed E-state index contributed by atoms with van der Waals surface area (Å²) in [6.07, 6.45) is 5.58. The number of aromatic nitrogens is 1. The summed E-state index contributed by atoms with van der Waals surface area (Å²) in [5.74, 6) is 1.66. The van der Waals surface area contributed by atoms with E-state index in [0.717, 1.165) is 39.0 Å². The summed E-state index contributed by atoms with van der Waals surface area (Å²) in [7, 11) is 0.785. The molecule has 1 fully saturated rings. The van der Waals surface area contributed by atoms with E-state index in [1.165, 1.54) is 34.0 Å². The van der Waals surface area contributed by atoms with E-state index in [0.29, 0.717) is 3.67 Å². The van der Waals surface area contributed by atoms with Gasteiger partial charge in [0.05, 0.1) is 0 Å². The van der Waals surface area contributed by atoms with Crippen molar-refractivity contribution in [1.29, 1.82) is 0 Å². The first kappa shape index (κ1) is 30.9. The van der Waals surface area contributed by atoms with Gasteiger partial charge in [-0.25, -0.2) is 0 Å². The Morgan fingerprint density at radius 2 is 1.61 bits per heavy atom. The van der Waals surface area contributed by atoms with Gasteiger partial charge >= 0.3 is 272 Å². The van der Waals surface area contributed by atoms with Crippen molar-refractivity contribution in [3.63, 3.8) is 0 Å². The number of hydrogen-bond acceptors (Lipinski definition) is 3. The van der Waals surface area contributed by atoms with E-state index in [-0.39, 0.29) is 11.9 Å². The number of ether oxygens (including phenoxy) is 1. The number of carbonyl (C=O) groups is 1. The average molecular weight is 703 g/mol. The Morgan fingerprint density at radius 3 is 2.27 bits per heavy atom. The molecule has 4 nitrogen and oxygen atoms in total. The van der Waals surface area contributed by atoms with Crippen LogP contribution in [0.15, 0.2) is 115 Å². The van der Waals surface area contributed by atoms with Crippen LogP contribution in [0, 0.1) is 5.92 Å². The molecular formula is C38H40InN2O2P. The molecule has 4 aromatic carbocycles. The van der Waals surface area contributed by atoms with Gasteiger partial charge in [0.2, 0.25) is 0 Å². The third kappa shape index (κ3) is 6.60. The number of pyridine rings is 1. The van der Waals surface area contributed by atoms with Crippen LogP contribution >= 0.6 is 7.92 Å². The van der Waals surface area contributed by atoms with E-state index in [9.17, 15) is 4.79 Å². The number of nitrogens with zero attached hydrogens (tertiary/aromatic N) is 1. The summed E-state index contributed by atoms with van der Waals surface area (Å²) >= 11 is -2.00. The van der Waals surface area contributed by atoms with Gasteiger partial charge < -0.3 is 0 Å². The number of fused-ring (bicyclic) bond motifs is 1. The maximum atomic E-state index is 14.6. The van der Waals surface area contributed by atoms with Crippen molar-refractivity contribution in [1.82, 2.24) is 10.3 Å². The molecular weight excluding hydrogens is 662 g/mol. The average Bonchev–Trinajstić information content (AvgIpc) is 3.08. The Morgan fingerprint density at radius 1 is 0.932 bits per heavy atom. The van der Waals surface area contributed by atoms with Crippen molar-refractivity contribution in [2.24, 2.45) is 5.92 Å². The van der Waals surface area contributed by atoms with Crippen LogP contribution in [0.4, 0.5) is 0 Å². The Kier molecular flexibility index (Phi) is 10.0. The molecule has 3 atom stereocenters. The minimum absolute atomic E-state index is 0.00826. The maximum absolute atomic E-state index is 14.6. The molecule has 0 unspecified atom stereocenters. The van der Waals surface area contributed by atoms with Crippen molar-refractivity contribution < 1.29 is 9.53 Å². The monoisotopic (exact) mass is 702 g/mol. The number of amides is 1.